The SMILES string of the molecule is NC(CO)C(=O)NC(CO)C(=O)NC(CCC(=O)O)C(=O)NC(CO)C(=O)O. The Bertz CT molecular complexity index is 584. The molecular weight excluding hydrogens is 384 g/mol. The van der Waals surface area contributed by atoms with Crippen LogP contribution >= 0.6 is 0 Å². The van der Waals surface area contributed by atoms with Gasteiger partial charge in [-0.05, 0) is 6.42 Å². The Hall–Kier alpha value is -2.81. The predicted molar refractivity (Wildman–Crippen MR) is 89.5 cm³/mol. The average molecular weight is 408 g/mol. The fourth-order valence-electron chi connectivity index (χ4n) is 1.82. The lowest BCUT2D eigenvalue weighted by molar-refractivity contribution is -0.144. The molecule has 4 atom stereocenters. The molecule has 0 saturated carbocycles. The van der Waals surface area contributed by atoms with Gasteiger partial charge < -0.3 is 47.2 Å². The van der Waals surface area contributed by atoms with Gasteiger partial charge in [-0.15, -0.1) is 0 Å². The summed E-state index contributed by atoms with van der Waals surface area (Å²) in [6, 6.07) is -6.16. The van der Waals surface area contributed by atoms with Crippen LogP contribution in [-0.2, 0) is 24.0 Å². The van der Waals surface area contributed by atoms with Crippen LogP contribution in [0, 0.1) is 0 Å². The second-order valence-corrected chi connectivity index (χ2v) is 5.61. The molecule has 0 bridgehead atoms. The smallest absolute Gasteiger partial charge is 0.328 e. The van der Waals surface area contributed by atoms with Crippen molar-refractivity contribution in [1.82, 2.24) is 16.0 Å². The summed E-state index contributed by atoms with van der Waals surface area (Å²) in [5.41, 5.74) is 5.26. The Morgan fingerprint density at radius 2 is 1.18 bits per heavy atom. The van der Waals surface area contributed by atoms with Crippen LogP contribution in [0.4, 0.5) is 0 Å². The summed E-state index contributed by atoms with van der Waals surface area (Å²) in [5, 5.41) is 50.6. The topological polar surface area (TPSA) is 249 Å². The van der Waals surface area contributed by atoms with Crippen LogP contribution in [0.3, 0.4) is 0 Å². The van der Waals surface area contributed by atoms with Crippen molar-refractivity contribution in [3.63, 3.8) is 0 Å². The molecule has 0 heterocycles. The number of carbonyl (C=O) groups excluding carboxylic acids is 3. The number of rotatable bonds is 13. The summed E-state index contributed by atoms with van der Waals surface area (Å²) in [7, 11) is 0. The third-order valence-corrected chi connectivity index (χ3v) is 3.43. The number of carboxylic acid groups (broad SMARTS) is 2. The Balaban J connectivity index is 5.20. The van der Waals surface area contributed by atoms with E-state index in [2.05, 4.69) is 5.32 Å². The molecule has 3 amide bonds. The summed E-state index contributed by atoms with van der Waals surface area (Å²) in [6.07, 6.45) is -1.01. The van der Waals surface area contributed by atoms with Gasteiger partial charge in [-0.3, -0.25) is 19.2 Å². The van der Waals surface area contributed by atoms with Gasteiger partial charge in [0.25, 0.3) is 0 Å². The lowest BCUT2D eigenvalue weighted by atomic mass is 10.1. The maximum Gasteiger partial charge on any atom is 0.328 e. The first-order valence-corrected chi connectivity index (χ1v) is 8.01. The molecule has 0 aliphatic heterocycles. The van der Waals surface area contributed by atoms with Gasteiger partial charge in [0.05, 0.1) is 19.8 Å². The van der Waals surface area contributed by atoms with Gasteiger partial charge in [0, 0.05) is 6.42 Å². The highest BCUT2D eigenvalue weighted by molar-refractivity contribution is 5.94. The number of aliphatic hydroxyl groups excluding tert-OH is 3. The minimum absolute atomic E-state index is 0.438. The van der Waals surface area contributed by atoms with Crippen LogP contribution in [0.15, 0.2) is 0 Å². The summed E-state index contributed by atoms with van der Waals surface area (Å²) in [4.78, 5) is 57.6. The number of amides is 3. The van der Waals surface area contributed by atoms with Crippen molar-refractivity contribution >= 4 is 29.7 Å². The first-order valence-electron chi connectivity index (χ1n) is 8.01. The molecule has 14 nitrogen and oxygen atoms in total. The number of nitrogens with two attached hydrogens (primary N) is 1. The number of nitrogens with one attached hydrogen (secondary N) is 3. The molecule has 0 spiro atoms. The van der Waals surface area contributed by atoms with E-state index in [-0.39, 0.29) is 0 Å². The van der Waals surface area contributed by atoms with Crippen molar-refractivity contribution in [1.29, 1.82) is 0 Å². The second kappa shape index (κ2) is 12.6. The zero-order chi connectivity index (χ0) is 21.9. The molecule has 14 heteroatoms. The molecule has 0 aliphatic carbocycles. The first-order chi connectivity index (χ1) is 13.1. The largest absolute Gasteiger partial charge is 0.481 e. The number of aliphatic carboxylic acids is 2. The van der Waals surface area contributed by atoms with E-state index in [1.54, 1.807) is 0 Å². The molecule has 0 aromatic heterocycles. The third-order valence-electron chi connectivity index (χ3n) is 3.43. The van der Waals surface area contributed by atoms with Crippen LogP contribution < -0.4 is 21.7 Å². The summed E-state index contributed by atoms with van der Waals surface area (Å²) in [5.74, 6) is -5.99. The Kier molecular flexibility index (Phi) is 11.3. The zero-order valence-electron chi connectivity index (χ0n) is 14.7. The van der Waals surface area contributed by atoms with Gasteiger partial charge in [0.1, 0.15) is 24.2 Å². The summed E-state index contributed by atoms with van der Waals surface area (Å²) >= 11 is 0. The summed E-state index contributed by atoms with van der Waals surface area (Å²) < 4.78 is 0. The number of carbonyl (C=O) groups is 5. The third kappa shape index (κ3) is 8.72. The molecule has 10 N–H and O–H groups in total. The molecule has 0 aromatic rings. The summed E-state index contributed by atoms with van der Waals surface area (Å²) in [6.45, 7) is -2.58. The Morgan fingerprint density at radius 1 is 0.714 bits per heavy atom. The van der Waals surface area contributed by atoms with Gasteiger partial charge in [0.15, 0.2) is 0 Å². The molecule has 0 aromatic carbocycles. The van der Waals surface area contributed by atoms with Gasteiger partial charge >= 0.3 is 11.9 Å². The molecular formula is C14H24N4O10. The molecule has 0 aliphatic rings. The van der Waals surface area contributed by atoms with Gasteiger partial charge in [0.2, 0.25) is 17.7 Å². The van der Waals surface area contributed by atoms with Crippen molar-refractivity contribution in [3.05, 3.63) is 0 Å². The quantitative estimate of drug-likeness (QED) is 0.139. The Labute approximate surface area is 158 Å². The van der Waals surface area contributed by atoms with Gasteiger partial charge in [-0.1, -0.05) is 0 Å². The highest BCUT2D eigenvalue weighted by Crippen LogP contribution is 2.01. The van der Waals surface area contributed by atoms with E-state index in [1.807, 2.05) is 10.6 Å². The number of hydrogen-bond acceptors (Lipinski definition) is 9. The van der Waals surface area contributed by atoms with Crippen LogP contribution in [-0.4, -0.2) is 99.2 Å². The maximum absolute atomic E-state index is 12.2. The standard InChI is InChI=1S/C14H24N4O10/c15-6(3-19)11(24)17-8(4-20)13(26)16-7(1-2-10(22)23)12(25)18-9(5-21)14(27)28/h6-9,19-21H,1-5,15H2,(H,16,26)(H,17,24)(H,18,25)(H,22,23)(H,27,28). The lowest BCUT2D eigenvalue weighted by Crippen LogP contribution is -2.58. The van der Waals surface area contributed by atoms with Crippen molar-refractivity contribution in [3.8, 4) is 0 Å². The highest BCUT2D eigenvalue weighted by atomic mass is 16.4. The fourth-order valence-corrected chi connectivity index (χ4v) is 1.82. The van der Waals surface area contributed by atoms with Crippen molar-refractivity contribution in [2.75, 3.05) is 19.8 Å². The number of hydrogen-bond donors (Lipinski definition) is 9. The minimum atomic E-state index is -1.69. The van der Waals surface area contributed by atoms with E-state index in [1.165, 1.54) is 0 Å². The number of aliphatic hydroxyl groups is 3. The molecule has 0 fully saturated rings. The monoisotopic (exact) mass is 408 g/mol. The second-order valence-electron chi connectivity index (χ2n) is 5.61. The zero-order valence-corrected chi connectivity index (χ0v) is 14.7. The Morgan fingerprint density at radius 3 is 1.61 bits per heavy atom. The van der Waals surface area contributed by atoms with Gasteiger partial charge in [-0.2, -0.15) is 0 Å². The van der Waals surface area contributed by atoms with E-state index >= 15 is 0 Å². The van der Waals surface area contributed by atoms with E-state index in [0.29, 0.717) is 0 Å². The van der Waals surface area contributed by atoms with E-state index in [0.717, 1.165) is 0 Å². The lowest BCUT2D eigenvalue weighted by Gasteiger charge is -2.23. The van der Waals surface area contributed by atoms with E-state index in [9.17, 15) is 29.1 Å². The van der Waals surface area contributed by atoms with Crippen molar-refractivity contribution in [2.24, 2.45) is 5.73 Å². The van der Waals surface area contributed by atoms with Crippen LogP contribution in [0.25, 0.3) is 0 Å². The van der Waals surface area contributed by atoms with E-state index in [4.69, 9.17) is 26.2 Å². The molecule has 0 saturated heterocycles. The van der Waals surface area contributed by atoms with Crippen LogP contribution in [0.5, 0.6) is 0 Å². The molecule has 4 unspecified atom stereocenters. The van der Waals surface area contributed by atoms with Crippen molar-refractivity contribution < 1.29 is 49.5 Å². The molecule has 0 radical (unpaired) electrons. The highest BCUT2D eigenvalue weighted by Gasteiger charge is 2.30. The minimum Gasteiger partial charge on any atom is -0.481 e. The normalized spacial score (nSPS) is 14.9. The number of carboxylic acids is 2. The van der Waals surface area contributed by atoms with Crippen LogP contribution in [0.1, 0.15) is 12.8 Å². The molecule has 0 rings (SSSR count). The van der Waals surface area contributed by atoms with E-state index < -0.39 is 86.5 Å². The first kappa shape index (κ1) is 25.2. The molecule has 160 valence electrons. The van der Waals surface area contributed by atoms with Crippen LogP contribution in [0.2, 0.25) is 0 Å². The average Bonchev–Trinajstić information content (AvgIpc) is 2.65. The van der Waals surface area contributed by atoms with Gasteiger partial charge in [-0.25, -0.2) is 4.79 Å². The fraction of sp³-hybridized carbons (Fsp3) is 0.643. The predicted octanol–water partition coefficient (Wildman–Crippen LogP) is -5.31. The van der Waals surface area contributed by atoms with Crippen molar-refractivity contribution in [2.45, 2.75) is 37.0 Å². The maximum atomic E-state index is 12.2. The molecule has 28 heavy (non-hydrogen) atoms.